The minimum absolute atomic E-state index is 0.797. The van der Waals surface area contributed by atoms with Crippen LogP contribution >= 0.6 is 11.3 Å². The summed E-state index contributed by atoms with van der Waals surface area (Å²) in [7, 11) is 2.02. The molecule has 1 aromatic heterocycles. The summed E-state index contributed by atoms with van der Waals surface area (Å²) in [5, 5.41) is 3.20. The van der Waals surface area contributed by atoms with Crippen molar-refractivity contribution >= 4 is 11.3 Å². The molecule has 0 aliphatic carbocycles. The second kappa shape index (κ2) is 6.20. The van der Waals surface area contributed by atoms with Gasteiger partial charge in [0.25, 0.3) is 0 Å². The zero-order valence-corrected chi connectivity index (χ0v) is 10.3. The average Bonchev–Trinajstić information content (AvgIpc) is 2.62. The maximum atomic E-state index is 3.20. The molecule has 0 aromatic carbocycles. The van der Waals surface area contributed by atoms with Crippen molar-refractivity contribution in [3.63, 3.8) is 0 Å². The molecule has 0 amide bonds. The lowest BCUT2D eigenvalue weighted by atomic mass is 10.0. The van der Waals surface area contributed by atoms with Gasteiger partial charge in [-0.25, -0.2) is 0 Å². The molecule has 0 aliphatic heterocycles. The Morgan fingerprint density at radius 2 is 2.07 bits per heavy atom. The Kier molecular flexibility index (Phi) is 5.20. The van der Waals surface area contributed by atoms with E-state index >= 15 is 0 Å². The summed E-state index contributed by atoms with van der Waals surface area (Å²) in [6.45, 7) is 5.69. The molecule has 0 saturated carbocycles. The van der Waals surface area contributed by atoms with Crippen molar-refractivity contribution in [2.75, 3.05) is 13.6 Å². The third-order valence-electron chi connectivity index (χ3n) is 2.50. The van der Waals surface area contributed by atoms with E-state index in [0.717, 1.165) is 12.5 Å². The van der Waals surface area contributed by atoms with E-state index in [-0.39, 0.29) is 0 Å². The van der Waals surface area contributed by atoms with E-state index < -0.39 is 0 Å². The second-order valence-corrected chi connectivity index (χ2v) is 5.18. The zero-order valence-electron chi connectivity index (χ0n) is 9.47. The standard InChI is InChI=1S/C12H21NS/c1-4-11-5-6-12(14-11)9-10(2)7-8-13-3/h5-6,10,13H,4,7-9H2,1-3H3. The van der Waals surface area contributed by atoms with Crippen LogP contribution in [0.4, 0.5) is 0 Å². The van der Waals surface area contributed by atoms with Crippen LogP contribution < -0.4 is 5.32 Å². The monoisotopic (exact) mass is 211 g/mol. The number of thiophene rings is 1. The Morgan fingerprint density at radius 1 is 1.36 bits per heavy atom. The minimum Gasteiger partial charge on any atom is -0.320 e. The van der Waals surface area contributed by atoms with E-state index in [9.17, 15) is 0 Å². The van der Waals surface area contributed by atoms with Gasteiger partial charge >= 0.3 is 0 Å². The van der Waals surface area contributed by atoms with Gasteiger partial charge < -0.3 is 5.32 Å². The molecule has 0 saturated heterocycles. The first-order valence-electron chi connectivity index (χ1n) is 5.48. The van der Waals surface area contributed by atoms with Crippen LogP contribution in [-0.2, 0) is 12.8 Å². The Morgan fingerprint density at radius 3 is 2.64 bits per heavy atom. The van der Waals surface area contributed by atoms with E-state index in [1.807, 2.05) is 18.4 Å². The number of nitrogens with one attached hydrogen (secondary N) is 1. The van der Waals surface area contributed by atoms with Gasteiger partial charge in [0.1, 0.15) is 0 Å². The first-order valence-corrected chi connectivity index (χ1v) is 6.30. The number of hydrogen-bond acceptors (Lipinski definition) is 2. The van der Waals surface area contributed by atoms with Crippen molar-refractivity contribution in [1.29, 1.82) is 0 Å². The Hall–Kier alpha value is -0.340. The maximum absolute atomic E-state index is 3.20. The highest BCUT2D eigenvalue weighted by Gasteiger charge is 2.05. The molecule has 1 atom stereocenters. The van der Waals surface area contributed by atoms with Crippen molar-refractivity contribution in [3.05, 3.63) is 21.9 Å². The third kappa shape index (κ3) is 3.81. The highest BCUT2D eigenvalue weighted by atomic mass is 32.1. The summed E-state index contributed by atoms with van der Waals surface area (Å²) < 4.78 is 0. The van der Waals surface area contributed by atoms with Gasteiger partial charge in [0.2, 0.25) is 0 Å². The van der Waals surface area contributed by atoms with E-state index in [0.29, 0.717) is 0 Å². The number of aryl methyl sites for hydroxylation is 1. The van der Waals surface area contributed by atoms with Crippen LogP contribution in [0.3, 0.4) is 0 Å². The molecule has 14 heavy (non-hydrogen) atoms. The predicted molar refractivity (Wildman–Crippen MR) is 65.1 cm³/mol. The van der Waals surface area contributed by atoms with Gasteiger partial charge in [0, 0.05) is 9.75 Å². The quantitative estimate of drug-likeness (QED) is 0.762. The maximum Gasteiger partial charge on any atom is 0.00508 e. The molecule has 1 aromatic rings. The van der Waals surface area contributed by atoms with E-state index in [1.54, 1.807) is 4.88 Å². The van der Waals surface area contributed by atoms with Crippen LogP contribution in [0, 0.1) is 5.92 Å². The van der Waals surface area contributed by atoms with Crippen LogP contribution in [0.25, 0.3) is 0 Å². The molecule has 1 heterocycles. The molecule has 1 N–H and O–H groups in total. The molecule has 1 unspecified atom stereocenters. The lowest BCUT2D eigenvalue weighted by Crippen LogP contribution is -2.12. The fourth-order valence-electron chi connectivity index (χ4n) is 1.56. The number of rotatable bonds is 6. The van der Waals surface area contributed by atoms with Crippen molar-refractivity contribution in [2.45, 2.75) is 33.1 Å². The first-order chi connectivity index (χ1) is 6.76. The first kappa shape index (κ1) is 11.7. The SMILES string of the molecule is CCc1ccc(CC(C)CCNC)s1. The molecule has 0 aliphatic rings. The van der Waals surface area contributed by atoms with Gasteiger partial charge in [-0.1, -0.05) is 13.8 Å². The van der Waals surface area contributed by atoms with Gasteiger partial charge in [-0.3, -0.25) is 0 Å². The second-order valence-electron chi connectivity index (χ2n) is 3.92. The molecule has 1 nitrogen and oxygen atoms in total. The normalized spacial score (nSPS) is 13.1. The molecular formula is C12H21NS. The van der Waals surface area contributed by atoms with Crippen LogP contribution in [0.5, 0.6) is 0 Å². The van der Waals surface area contributed by atoms with Crippen LogP contribution in [0.15, 0.2) is 12.1 Å². The Labute approximate surface area is 91.5 Å². The predicted octanol–water partition coefficient (Wildman–Crippen LogP) is 3.10. The van der Waals surface area contributed by atoms with Gasteiger partial charge in [-0.15, -0.1) is 11.3 Å². The van der Waals surface area contributed by atoms with Crippen molar-refractivity contribution in [2.24, 2.45) is 5.92 Å². The molecular weight excluding hydrogens is 190 g/mol. The largest absolute Gasteiger partial charge is 0.320 e. The Balaban J connectivity index is 2.35. The molecule has 1 rings (SSSR count). The lowest BCUT2D eigenvalue weighted by molar-refractivity contribution is 0.518. The van der Waals surface area contributed by atoms with Gasteiger partial charge in [-0.05, 0) is 50.9 Å². The van der Waals surface area contributed by atoms with E-state index in [2.05, 4.69) is 31.3 Å². The summed E-state index contributed by atoms with van der Waals surface area (Å²) in [4.78, 5) is 3.06. The molecule has 0 spiro atoms. The van der Waals surface area contributed by atoms with Gasteiger partial charge in [0.15, 0.2) is 0 Å². The van der Waals surface area contributed by atoms with E-state index in [4.69, 9.17) is 0 Å². The highest BCUT2D eigenvalue weighted by molar-refractivity contribution is 7.11. The van der Waals surface area contributed by atoms with Crippen molar-refractivity contribution in [1.82, 2.24) is 5.32 Å². The fourth-order valence-corrected chi connectivity index (χ4v) is 2.68. The molecule has 0 bridgehead atoms. The molecule has 2 heteroatoms. The summed E-state index contributed by atoms with van der Waals surface area (Å²) in [6.07, 6.45) is 3.69. The molecule has 0 radical (unpaired) electrons. The molecule has 80 valence electrons. The minimum atomic E-state index is 0.797. The van der Waals surface area contributed by atoms with Crippen LogP contribution in [-0.4, -0.2) is 13.6 Å². The summed E-state index contributed by atoms with van der Waals surface area (Å²) in [6, 6.07) is 4.56. The Bertz CT molecular complexity index is 255. The third-order valence-corrected chi connectivity index (χ3v) is 3.75. The van der Waals surface area contributed by atoms with Crippen LogP contribution in [0.2, 0.25) is 0 Å². The zero-order chi connectivity index (χ0) is 10.4. The van der Waals surface area contributed by atoms with E-state index in [1.165, 1.54) is 24.1 Å². The summed E-state index contributed by atoms with van der Waals surface area (Å²) >= 11 is 1.97. The number of hydrogen-bond donors (Lipinski definition) is 1. The fraction of sp³-hybridized carbons (Fsp3) is 0.667. The molecule has 0 fully saturated rings. The summed E-state index contributed by atoms with van der Waals surface area (Å²) in [5.41, 5.74) is 0. The highest BCUT2D eigenvalue weighted by Crippen LogP contribution is 2.21. The van der Waals surface area contributed by atoms with Crippen molar-refractivity contribution in [3.8, 4) is 0 Å². The van der Waals surface area contributed by atoms with Crippen molar-refractivity contribution < 1.29 is 0 Å². The lowest BCUT2D eigenvalue weighted by Gasteiger charge is -2.08. The van der Waals surface area contributed by atoms with Gasteiger partial charge in [-0.2, -0.15) is 0 Å². The van der Waals surface area contributed by atoms with Gasteiger partial charge in [0.05, 0.1) is 0 Å². The summed E-state index contributed by atoms with van der Waals surface area (Å²) in [5.74, 6) is 0.797. The van der Waals surface area contributed by atoms with Crippen LogP contribution in [0.1, 0.15) is 30.0 Å². The topological polar surface area (TPSA) is 12.0 Å². The average molecular weight is 211 g/mol. The smallest absolute Gasteiger partial charge is 0.00508 e.